The average Bonchev–Trinajstić information content (AvgIpc) is 2.16. The molecule has 0 aromatic rings. The molecule has 15 heavy (non-hydrogen) atoms. The molecular formula is C9H16O6. The van der Waals surface area contributed by atoms with Gasteiger partial charge in [-0.25, -0.2) is 0 Å². The normalized spacial score (nSPS) is 11.9. The van der Waals surface area contributed by atoms with E-state index in [2.05, 4.69) is 9.47 Å². The van der Waals surface area contributed by atoms with Gasteiger partial charge in [-0.2, -0.15) is 0 Å². The van der Waals surface area contributed by atoms with Gasteiger partial charge >= 0.3 is 11.9 Å². The molecule has 0 saturated carbocycles. The Morgan fingerprint density at radius 1 is 1.07 bits per heavy atom. The fourth-order valence-corrected chi connectivity index (χ4v) is 0.735. The van der Waals surface area contributed by atoms with Crippen molar-refractivity contribution in [2.75, 3.05) is 26.9 Å². The van der Waals surface area contributed by atoms with Crippen molar-refractivity contribution in [2.24, 2.45) is 0 Å². The summed E-state index contributed by atoms with van der Waals surface area (Å²) in [5.41, 5.74) is 0. The largest absolute Gasteiger partial charge is 0.463 e. The van der Waals surface area contributed by atoms with Crippen molar-refractivity contribution in [3.63, 3.8) is 0 Å². The quantitative estimate of drug-likeness (QED) is 0.344. The predicted octanol–water partition coefficient (Wildman–Crippen LogP) is 0.102. The van der Waals surface area contributed by atoms with Crippen LogP contribution in [0, 0.1) is 0 Å². The van der Waals surface area contributed by atoms with Gasteiger partial charge in [0.05, 0.1) is 6.61 Å². The third-order valence-corrected chi connectivity index (χ3v) is 1.38. The Kier molecular flexibility index (Phi) is 7.57. The molecule has 6 nitrogen and oxygen atoms in total. The molecular weight excluding hydrogens is 204 g/mol. The van der Waals surface area contributed by atoms with Crippen LogP contribution in [0.5, 0.6) is 0 Å². The first-order valence-corrected chi connectivity index (χ1v) is 4.47. The average molecular weight is 220 g/mol. The third kappa shape index (κ3) is 9.17. The van der Waals surface area contributed by atoms with E-state index in [1.807, 2.05) is 0 Å². The Morgan fingerprint density at radius 3 is 2.13 bits per heavy atom. The number of ether oxygens (including phenoxy) is 4. The lowest BCUT2D eigenvalue weighted by Gasteiger charge is -2.15. The second-order valence-corrected chi connectivity index (χ2v) is 2.68. The van der Waals surface area contributed by atoms with Crippen LogP contribution in [0.25, 0.3) is 0 Å². The highest BCUT2D eigenvalue weighted by Crippen LogP contribution is 1.95. The number of rotatable bonds is 7. The van der Waals surface area contributed by atoms with E-state index in [0.717, 1.165) is 0 Å². The number of methoxy groups -OCH3 is 1. The van der Waals surface area contributed by atoms with Gasteiger partial charge in [0.15, 0.2) is 6.29 Å². The molecule has 0 spiro atoms. The Hall–Kier alpha value is -1.14. The summed E-state index contributed by atoms with van der Waals surface area (Å²) in [6.07, 6.45) is -0.635. The maximum absolute atomic E-state index is 10.5. The summed E-state index contributed by atoms with van der Waals surface area (Å²) in [5.74, 6) is -0.770. The van der Waals surface area contributed by atoms with E-state index in [4.69, 9.17) is 9.47 Å². The lowest BCUT2D eigenvalue weighted by molar-refractivity contribution is -0.177. The molecule has 0 saturated heterocycles. The lowest BCUT2D eigenvalue weighted by Crippen LogP contribution is -2.25. The minimum Gasteiger partial charge on any atom is -0.463 e. The van der Waals surface area contributed by atoms with Gasteiger partial charge in [0.1, 0.15) is 13.2 Å². The fraction of sp³-hybridized carbons (Fsp3) is 0.778. The molecule has 0 fully saturated rings. The molecule has 0 bridgehead atoms. The zero-order valence-electron chi connectivity index (χ0n) is 9.15. The number of carbonyl (C=O) groups is 2. The van der Waals surface area contributed by atoms with Crippen molar-refractivity contribution in [1.82, 2.24) is 0 Å². The minimum atomic E-state index is -0.635. The second kappa shape index (κ2) is 8.19. The van der Waals surface area contributed by atoms with Gasteiger partial charge in [-0.05, 0) is 0 Å². The van der Waals surface area contributed by atoms with Crippen LogP contribution in [0.4, 0.5) is 0 Å². The second-order valence-electron chi connectivity index (χ2n) is 2.68. The lowest BCUT2D eigenvalue weighted by atomic mass is 10.6. The van der Waals surface area contributed by atoms with Crippen LogP contribution in [0.2, 0.25) is 0 Å². The zero-order chi connectivity index (χ0) is 11.7. The van der Waals surface area contributed by atoms with Crippen LogP contribution in [0.1, 0.15) is 13.8 Å². The highest BCUT2D eigenvalue weighted by Gasteiger charge is 2.09. The maximum Gasteiger partial charge on any atom is 0.302 e. The number of carbonyl (C=O) groups excluding carboxylic acids is 2. The Bertz CT molecular complexity index is 203. The van der Waals surface area contributed by atoms with Gasteiger partial charge in [0.2, 0.25) is 0 Å². The zero-order valence-corrected chi connectivity index (χ0v) is 9.15. The summed E-state index contributed by atoms with van der Waals surface area (Å²) in [7, 11) is 1.43. The number of hydrogen-bond donors (Lipinski definition) is 0. The molecule has 0 aliphatic rings. The van der Waals surface area contributed by atoms with E-state index < -0.39 is 12.3 Å². The summed E-state index contributed by atoms with van der Waals surface area (Å²) >= 11 is 0. The minimum absolute atomic E-state index is 0.0197. The first-order valence-electron chi connectivity index (χ1n) is 4.47. The first kappa shape index (κ1) is 13.9. The van der Waals surface area contributed by atoms with E-state index in [1.165, 1.54) is 21.0 Å². The van der Waals surface area contributed by atoms with Gasteiger partial charge < -0.3 is 18.9 Å². The molecule has 6 heteroatoms. The summed E-state index contributed by atoms with van der Waals surface area (Å²) in [6, 6.07) is 0. The fourth-order valence-electron chi connectivity index (χ4n) is 0.735. The number of esters is 2. The molecule has 0 N–H and O–H groups in total. The predicted molar refractivity (Wildman–Crippen MR) is 50.0 cm³/mol. The van der Waals surface area contributed by atoms with Crippen LogP contribution in [-0.2, 0) is 28.5 Å². The first-order chi connectivity index (χ1) is 7.06. The molecule has 0 heterocycles. The van der Waals surface area contributed by atoms with Gasteiger partial charge in [-0.15, -0.1) is 0 Å². The van der Waals surface area contributed by atoms with Gasteiger partial charge in [0.25, 0.3) is 0 Å². The maximum atomic E-state index is 10.5. The van der Waals surface area contributed by atoms with E-state index in [9.17, 15) is 9.59 Å². The number of hydrogen-bond acceptors (Lipinski definition) is 6. The highest BCUT2D eigenvalue weighted by atomic mass is 16.7. The Morgan fingerprint density at radius 2 is 1.67 bits per heavy atom. The van der Waals surface area contributed by atoms with E-state index in [1.54, 1.807) is 0 Å². The van der Waals surface area contributed by atoms with Crippen LogP contribution in [0.3, 0.4) is 0 Å². The molecule has 0 aromatic heterocycles. The van der Waals surface area contributed by atoms with Crippen LogP contribution in [0.15, 0.2) is 0 Å². The van der Waals surface area contributed by atoms with E-state index >= 15 is 0 Å². The summed E-state index contributed by atoms with van der Waals surface area (Å²) in [4.78, 5) is 20.9. The molecule has 0 aromatic carbocycles. The van der Waals surface area contributed by atoms with Crippen molar-refractivity contribution in [2.45, 2.75) is 20.1 Å². The Labute approximate surface area is 88.4 Å². The van der Waals surface area contributed by atoms with E-state index in [0.29, 0.717) is 0 Å². The van der Waals surface area contributed by atoms with E-state index in [-0.39, 0.29) is 25.8 Å². The van der Waals surface area contributed by atoms with Gasteiger partial charge in [-0.3, -0.25) is 9.59 Å². The molecule has 0 rings (SSSR count). The molecule has 0 unspecified atom stereocenters. The van der Waals surface area contributed by atoms with Gasteiger partial charge in [-0.1, -0.05) is 0 Å². The SMILES string of the molecule is CO[C@H](COC(C)=O)OCCOC(C)=O. The molecule has 1 atom stereocenters. The van der Waals surface area contributed by atoms with Crippen molar-refractivity contribution in [3.05, 3.63) is 0 Å². The standard InChI is InChI=1S/C9H16O6/c1-7(10)13-4-5-14-9(12-3)6-15-8(2)11/h9H,4-6H2,1-3H3/t9-/m0/s1. The smallest absolute Gasteiger partial charge is 0.302 e. The van der Waals surface area contributed by atoms with Crippen LogP contribution < -0.4 is 0 Å². The van der Waals surface area contributed by atoms with Crippen LogP contribution in [-0.4, -0.2) is 45.2 Å². The summed E-state index contributed by atoms with van der Waals surface area (Å²) < 4.78 is 19.3. The Balaban J connectivity index is 3.52. The van der Waals surface area contributed by atoms with Gasteiger partial charge in [0, 0.05) is 21.0 Å². The van der Waals surface area contributed by atoms with Crippen LogP contribution >= 0.6 is 0 Å². The van der Waals surface area contributed by atoms with Crippen molar-refractivity contribution < 1.29 is 28.5 Å². The highest BCUT2D eigenvalue weighted by molar-refractivity contribution is 5.66. The van der Waals surface area contributed by atoms with Crippen molar-refractivity contribution >= 4 is 11.9 Å². The molecule has 0 amide bonds. The topological polar surface area (TPSA) is 71.1 Å². The summed E-state index contributed by atoms with van der Waals surface area (Å²) in [5, 5.41) is 0. The molecule has 0 aliphatic heterocycles. The third-order valence-electron chi connectivity index (χ3n) is 1.38. The summed E-state index contributed by atoms with van der Waals surface area (Å²) in [6.45, 7) is 2.97. The molecule has 88 valence electrons. The van der Waals surface area contributed by atoms with Crippen molar-refractivity contribution in [1.29, 1.82) is 0 Å². The molecule has 0 radical (unpaired) electrons. The monoisotopic (exact) mass is 220 g/mol. The van der Waals surface area contributed by atoms with Crippen molar-refractivity contribution in [3.8, 4) is 0 Å². The molecule has 0 aliphatic carbocycles.